The Morgan fingerprint density at radius 3 is 2.00 bits per heavy atom. The molecule has 0 fully saturated rings. The van der Waals surface area contributed by atoms with Crippen molar-refractivity contribution in [1.82, 2.24) is 4.72 Å². The van der Waals surface area contributed by atoms with Gasteiger partial charge >= 0.3 is 0 Å². The third-order valence-electron chi connectivity index (χ3n) is 3.67. The number of carbonyl (C=O) groups excluding carboxylic acids is 1. The molecule has 0 saturated heterocycles. The smallest absolute Gasteiger partial charge is 0.255 e. The first kappa shape index (κ1) is 20.1. The second-order valence-corrected chi connectivity index (χ2v) is 8.76. The van der Waals surface area contributed by atoms with Crippen LogP contribution in [0.5, 0.6) is 0 Å². The number of hydrogen-bond donors (Lipinski definition) is 2. The lowest BCUT2D eigenvalue weighted by atomic mass is 10.0. The molecule has 2 rings (SSSR count). The molecule has 2 N–H and O–H groups in total. The van der Waals surface area contributed by atoms with Crippen molar-refractivity contribution in [3.63, 3.8) is 0 Å². The molecular formula is C20H26N2O3S. The zero-order valence-corrected chi connectivity index (χ0v) is 16.4. The monoisotopic (exact) mass is 374 g/mol. The van der Waals surface area contributed by atoms with Crippen molar-refractivity contribution in [1.29, 1.82) is 0 Å². The summed E-state index contributed by atoms with van der Waals surface area (Å²) in [4.78, 5) is 12.5. The molecule has 0 saturated carbocycles. The molecule has 0 radical (unpaired) electrons. The Bertz CT molecular complexity index is 840. The number of rotatable bonds is 7. The fourth-order valence-corrected chi connectivity index (χ4v) is 3.81. The number of sulfonamides is 1. The normalized spacial score (nSPS) is 11.8. The van der Waals surface area contributed by atoms with Crippen LogP contribution in [0.25, 0.3) is 0 Å². The van der Waals surface area contributed by atoms with Crippen molar-refractivity contribution >= 4 is 21.6 Å². The van der Waals surface area contributed by atoms with E-state index in [0.29, 0.717) is 17.2 Å². The highest BCUT2D eigenvalue weighted by atomic mass is 32.2. The minimum atomic E-state index is -3.53. The molecule has 0 aromatic heterocycles. The summed E-state index contributed by atoms with van der Waals surface area (Å²) in [5, 5.41) is 2.78. The molecule has 26 heavy (non-hydrogen) atoms. The Kier molecular flexibility index (Phi) is 6.56. The van der Waals surface area contributed by atoms with Crippen molar-refractivity contribution in [3.8, 4) is 0 Å². The van der Waals surface area contributed by atoms with Crippen LogP contribution in [0.1, 0.15) is 43.6 Å². The molecule has 1 amide bonds. The van der Waals surface area contributed by atoms with Gasteiger partial charge in [-0.2, -0.15) is 0 Å². The van der Waals surface area contributed by atoms with Gasteiger partial charge in [0.25, 0.3) is 5.91 Å². The highest BCUT2D eigenvalue weighted by Gasteiger charge is 2.15. The maximum Gasteiger partial charge on any atom is 0.255 e. The van der Waals surface area contributed by atoms with E-state index in [9.17, 15) is 13.2 Å². The summed E-state index contributed by atoms with van der Waals surface area (Å²) in [7, 11) is -3.53. The molecule has 0 aliphatic rings. The van der Waals surface area contributed by atoms with Gasteiger partial charge in [-0.1, -0.05) is 26.0 Å². The third kappa shape index (κ3) is 5.68. The topological polar surface area (TPSA) is 75.3 Å². The van der Waals surface area contributed by atoms with Crippen LogP contribution < -0.4 is 10.0 Å². The van der Waals surface area contributed by atoms with Crippen molar-refractivity contribution in [2.75, 3.05) is 5.32 Å². The zero-order valence-electron chi connectivity index (χ0n) is 15.6. The van der Waals surface area contributed by atoms with Crippen molar-refractivity contribution < 1.29 is 13.2 Å². The molecular weight excluding hydrogens is 348 g/mol. The van der Waals surface area contributed by atoms with Gasteiger partial charge in [0.05, 0.1) is 4.90 Å². The van der Waals surface area contributed by atoms with Crippen molar-refractivity contribution in [2.45, 2.75) is 45.1 Å². The van der Waals surface area contributed by atoms with Crippen LogP contribution in [0.15, 0.2) is 53.4 Å². The summed E-state index contributed by atoms with van der Waals surface area (Å²) >= 11 is 0. The van der Waals surface area contributed by atoms with E-state index < -0.39 is 10.0 Å². The van der Waals surface area contributed by atoms with Crippen LogP contribution >= 0.6 is 0 Å². The second-order valence-electron chi connectivity index (χ2n) is 7.05. The zero-order chi connectivity index (χ0) is 19.3. The molecule has 5 nitrogen and oxygen atoms in total. The molecule has 2 aromatic carbocycles. The standard InChI is InChI=1S/C20H26N2O3S/c1-14(2)13-16-5-7-17(8-6-16)20(23)21-18-9-11-19(12-10-18)26(24,25)22-15(3)4/h5-12,14-15,22H,13H2,1-4H3,(H,21,23). The lowest BCUT2D eigenvalue weighted by Gasteiger charge is -2.11. The van der Waals surface area contributed by atoms with Crippen molar-refractivity contribution in [3.05, 3.63) is 59.7 Å². The average molecular weight is 375 g/mol. The molecule has 0 aliphatic carbocycles. The van der Waals surface area contributed by atoms with E-state index in [1.165, 1.54) is 17.7 Å². The first-order chi connectivity index (χ1) is 12.2. The minimum Gasteiger partial charge on any atom is -0.322 e. The van der Waals surface area contributed by atoms with Crippen LogP contribution in [-0.4, -0.2) is 20.4 Å². The molecule has 2 aromatic rings. The predicted molar refractivity (Wildman–Crippen MR) is 105 cm³/mol. The summed E-state index contributed by atoms with van der Waals surface area (Å²) < 4.78 is 26.7. The summed E-state index contributed by atoms with van der Waals surface area (Å²) in [6.07, 6.45) is 0.974. The number of amides is 1. The first-order valence-corrected chi connectivity index (χ1v) is 10.2. The highest BCUT2D eigenvalue weighted by molar-refractivity contribution is 7.89. The Morgan fingerprint density at radius 2 is 1.50 bits per heavy atom. The fourth-order valence-electron chi connectivity index (χ4n) is 2.56. The van der Waals surface area contributed by atoms with E-state index in [4.69, 9.17) is 0 Å². The highest BCUT2D eigenvalue weighted by Crippen LogP contribution is 2.16. The van der Waals surface area contributed by atoms with Gasteiger partial charge in [0.1, 0.15) is 0 Å². The van der Waals surface area contributed by atoms with E-state index in [1.54, 1.807) is 38.1 Å². The quantitative estimate of drug-likeness (QED) is 0.773. The molecule has 0 bridgehead atoms. The Morgan fingerprint density at radius 1 is 0.923 bits per heavy atom. The molecule has 0 unspecified atom stereocenters. The first-order valence-electron chi connectivity index (χ1n) is 8.70. The summed E-state index contributed by atoms with van der Waals surface area (Å²) in [6.45, 7) is 7.83. The van der Waals surface area contributed by atoms with Gasteiger partial charge in [-0.3, -0.25) is 4.79 Å². The Balaban J connectivity index is 2.05. The maximum absolute atomic E-state index is 12.3. The van der Waals surface area contributed by atoms with Crippen LogP contribution in [0.2, 0.25) is 0 Å². The predicted octanol–water partition coefficient (Wildman–Crippen LogP) is 3.82. The summed E-state index contributed by atoms with van der Waals surface area (Å²) in [5.41, 5.74) is 2.31. The van der Waals surface area contributed by atoms with Crippen LogP contribution in [0, 0.1) is 5.92 Å². The van der Waals surface area contributed by atoms with E-state index >= 15 is 0 Å². The van der Waals surface area contributed by atoms with E-state index in [0.717, 1.165) is 6.42 Å². The van der Waals surface area contributed by atoms with Gasteiger partial charge in [0, 0.05) is 17.3 Å². The molecule has 0 spiro atoms. The lowest BCUT2D eigenvalue weighted by molar-refractivity contribution is 0.102. The molecule has 0 heterocycles. The number of anilines is 1. The molecule has 6 heteroatoms. The lowest BCUT2D eigenvalue weighted by Crippen LogP contribution is -2.30. The largest absolute Gasteiger partial charge is 0.322 e. The SMILES string of the molecule is CC(C)Cc1ccc(C(=O)Nc2ccc(S(=O)(=O)NC(C)C)cc2)cc1. The molecule has 140 valence electrons. The number of hydrogen-bond acceptors (Lipinski definition) is 3. The Hall–Kier alpha value is -2.18. The van der Waals surface area contributed by atoms with Crippen molar-refractivity contribution in [2.24, 2.45) is 5.92 Å². The number of carbonyl (C=O) groups is 1. The molecule has 0 aliphatic heterocycles. The van der Waals surface area contributed by atoms with Gasteiger partial charge in [0.15, 0.2) is 0 Å². The summed E-state index contributed by atoms with van der Waals surface area (Å²) in [6, 6.07) is 13.5. The van der Waals surface area contributed by atoms with Gasteiger partial charge in [-0.25, -0.2) is 13.1 Å². The van der Waals surface area contributed by atoms with E-state index in [-0.39, 0.29) is 16.8 Å². The average Bonchev–Trinajstić information content (AvgIpc) is 2.54. The van der Waals surface area contributed by atoms with E-state index in [2.05, 4.69) is 23.9 Å². The number of benzene rings is 2. The van der Waals surface area contributed by atoms with Gasteiger partial charge < -0.3 is 5.32 Å². The third-order valence-corrected chi connectivity index (χ3v) is 5.35. The minimum absolute atomic E-state index is 0.169. The van der Waals surface area contributed by atoms with Gasteiger partial charge in [-0.05, 0) is 68.1 Å². The number of nitrogens with one attached hydrogen (secondary N) is 2. The van der Waals surface area contributed by atoms with Crippen LogP contribution in [0.3, 0.4) is 0 Å². The van der Waals surface area contributed by atoms with Gasteiger partial charge in [-0.15, -0.1) is 0 Å². The maximum atomic E-state index is 12.3. The fraction of sp³-hybridized carbons (Fsp3) is 0.350. The van der Waals surface area contributed by atoms with E-state index in [1.807, 2.05) is 12.1 Å². The molecule has 0 atom stereocenters. The Labute approximate surface area is 155 Å². The summed E-state index contributed by atoms with van der Waals surface area (Å²) in [5.74, 6) is 0.340. The second kappa shape index (κ2) is 8.47. The van der Waals surface area contributed by atoms with Gasteiger partial charge in [0.2, 0.25) is 10.0 Å². The van der Waals surface area contributed by atoms with Crippen LogP contribution in [-0.2, 0) is 16.4 Å². The van der Waals surface area contributed by atoms with Crippen LogP contribution in [0.4, 0.5) is 5.69 Å².